The van der Waals surface area contributed by atoms with Crippen LogP contribution in [0.15, 0.2) is 18.6 Å². The maximum atomic E-state index is 5.99. The Kier molecular flexibility index (Phi) is 3.88. The van der Waals surface area contributed by atoms with Crippen LogP contribution in [0.4, 0.5) is 11.8 Å². The van der Waals surface area contributed by atoms with Gasteiger partial charge in [-0.25, -0.2) is 4.98 Å². The number of nitrogens with zero attached hydrogens (tertiary/aromatic N) is 4. The van der Waals surface area contributed by atoms with Gasteiger partial charge in [-0.2, -0.15) is 4.98 Å². The topological polar surface area (TPSA) is 75.6 Å². The van der Waals surface area contributed by atoms with Gasteiger partial charge in [0, 0.05) is 13.2 Å². The summed E-state index contributed by atoms with van der Waals surface area (Å²) in [6.07, 6.45) is 4.98. The lowest BCUT2D eigenvalue weighted by atomic mass is 10.4. The summed E-state index contributed by atoms with van der Waals surface area (Å²) in [7, 11) is 1.75. The van der Waals surface area contributed by atoms with Gasteiger partial charge in [-0.1, -0.05) is 11.6 Å². The minimum absolute atomic E-state index is 0.467. The molecule has 0 bridgehead atoms. The van der Waals surface area contributed by atoms with Gasteiger partial charge in [0.2, 0.25) is 5.95 Å². The minimum Gasteiger partial charge on any atom is -0.363 e. The van der Waals surface area contributed by atoms with E-state index in [2.05, 4.69) is 30.6 Å². The molecule has 0 amide bonds. The minimum atomic E-state index is 0.467. The monoisotopic (exact) mass is 264 g/mol. The summed E-state index contributed by atoms with van der Waals surface area (Å²) >= 11 is 5.99. The molecule has 0 spiro atoms. The lowest BCUT2D eigenvalue weighted by Gasteiger charge is -2.08. The normalized spacial score (nSPS) is 10.2. The molecule has 6 nitrogen and oxygen atoms in total. The first-order valence-electron chi connectivity index (χ1n) is 5.40. The molecule has 0 radical (unpaired) electrons. The van der Waals surface area contributed by atoms with Crippen molar-refractivity contribution in [2.24, 2.45) is 0 Å². The molecule has 0 saturated carbocycles. The average Bonchev–Trinajstić information content (AvgIpc) is 2.40. The van der Waals surface area contributed by atoms with Gasteiger partial charge in [0.05, 0.1) is 30.3 Å². The van der Waals surface area contributed by atoms with Crippen LogP contribution in [0.2, 0.25) is 5.02 Å². The van der Waals surface area contributed by atoms with Gasteiger partial charge in [-0.15, -0.1) is 0 Å². The van der Waals surface area contributed by atoms with Crippen molar-refractivity contribution in [1.82, 2.24) is 19.9 Å². The van der Waals surface area contributed by atoms with E-state index in [4.69, 9.17) is 11.6 Å². The molecular formula is C11H13ClN6. The molecule has 0 unspecified atom stereocenters. The van der Waals surface area contributed by atoms with E-state index in [0.29, 0.717) is 23.3 Å². The predicted octanol–water partition coefficient (Wildman–Crippen LogP) is 1.88. The van der Waals surface area contributed by atoms with Crippen molar-refractivity contribution < 1.29 is 0 Å². The van der Waals surface area contributed by atoms with Crippen molar-refractivity contribution in [2.45, 2.75) is 13.5 Å². The Hall–Kier alpha value is -1.95. The molecule has 0 aliphatic carbocycles. The fourth-order valence-electron chi connectivity index (χ4n) is 1.30. The molecule has 2 N–H and O–H groups in total. The van der Waals surface area contributed by atoms with Gasteiger partial charge in [0.25, 0.3) is 0 Å². The Morgan fingerprint density at radius 2 is 2.00 bits per heavy atom. The first-order chi connectivity index (χ1) is 8.69. The zero-order chi connectivity index (χ0) is 13.0. The zero-order valence-corrected chi connectivity index (χ0v) is 10.9. The molecule has 0 atom stereocenters. The van der Waals surface area contributed by atoms with Crippen molar-refractivity contribution in [3.8, 4) is 0 Å². The standard InChI is InChI=1S/C11H13ClN6/c1-7-3-15-8(4-14-7)5-16-10-9(12)6-17-11(13-2)18-10/h3-4,6H,5H2,1-2H3,(H2,13,16,17,18). The van der Waals surface area contributed by atoms with Crippen molar-refractivity contribution in [3.05, 3.63) is 35.0 Å². The fourth-order valence-corrected chi connectivity index (χ4v) is 1.45. The largest absolute Gasteiger partial charge is 0.363 e. The van der Waals surface area contributed by atoms with Crippen LogP contribution < -0.4 is 10.6 Å². The molecule has 0 saturated heterocycles. The van der Waals surface area contributed by atoms with Crippen LogP contribution in [-0.2, 0) is 6.54 Å². The highest BCUT2D eigenvalue weighted by atomic mass is 35.5. The number of rotatable bonds is 4. The highest BCUT2D eigenvalue weighted by Crippen LogP contribution is 2.19. The van der Waals surface area contributed by atoms with Crippen molar-refractivity contribution in [3.63, 3.8) is 0 Å². The molecule has 0 fully saturated rings. The second-order valence-electron chi connectivity index (χ2n) is 3.64. The molecule has 94 valence electrons. The summed E-state index contributed by atoms with van der Waals surface area (Å²) < 4.78 is 0. The van der Waals surface area contributed by atoms with E-state index in [1.165, 1.54) is 0 Å². The molecule has 2 aromatic heterocycles. The van der Waals surface area contributed by atoms with E-state index in [9.17, 15) is 0 Å². The van der Waals surface area contributed by atoms with E-state index in [1.807, 2.05) is 6.92 Å². The number of hydrogen-bond donors (Lipinski definition) is 2. The Bertz CT molecular complexity index is 528. The zero-order valence-electron chi connectivity index (χ0n) is 10.1. The van der Waals surface area contributed by atoms with Gasteiger partial charge in [0.15, 0.2) is 5.82 Å². The summed E-state index contributed by atoms with van der Waals surface area (Å²) in [6.45, 7) is 2.40. The molecule has 18 heavy (non-hydrogen) atoms. The molecule has 2 rings (SSSR count). The number of anilines is 2. The average molecular weight is 265 g/mol. The third kappa shape index (κ3) is 3.04. The van der Waals surface area contributed by atoms with E-state index < -0.39 is 0 Å². The summed E-state index contributed by atoms with van der Waals surface area (Å²) in [5.74, 6) is 1.08. The molecular weight excluding hydrogens is 252 g/mol. The summed E-state index contributed by atoms with van der Waals surface area (Å²) in [5.41, 5.74) is 1.71. The summed E-state index contributed by atoms with van der Waals surface area (Å²) in [4.78, 5) is 16.6. The van der Waals surface area contributed by atoms with Crippen molar-refractivity contribution >= 4 is 23.4 Å². The highest BCUT2D eigenvalue weighted by Gasteiger charge is 2.04. The number of nitrogens with one attached hydrogen (secondary N) is 2. The van der Waals surface area contributed by atoms with E-state index in [1.54, 1.807) is 25.6 Å². The van der Waals surface area contributed by atoms with Crippen LogP contribution in [0.25, 0.3) is 0 Å². The second-order valence-corrected chi connectivity index (χ2v) is 4.05. The van der Waals surface area contributed by atoms with E-state index >= 15 is 0 Å². The molecule has 7 heteroatoms. The fraction of sp³-hybridized carbons (Fsp3) is 0.273. The summed E-state index contributed by atoms with van der Waals surface area (Å²) in [5, 5.41) is 6.42. The third-order valence-corrected chi connectivity index (χ3v) is 2.52. The van der Waals surface area contributed by atoms with Crippen LogP contribution in [0.5, 0.6) is 0 Å². The van der Waals surface area contributed by atoms with Gasteiger partial charge < -0.3 is 10.6 Å². The van der Waals surface area contributed by atoms with Gasteiger partial charge in [0.1, 0.15) is 5.02 Å². The van der Waals surface area contributed by atoms with Gasteiger partial charge in [-0.05, 0) is 6.92 Å². The number of aryl methyl sites for hydroxylation is 1. The van der Waals surface area contributed by atoms with Crippen molar-refractivity contribution in [1.29, 1.82) is 0 Å². The van der Waals surface area contributed by atoms with Crippen LogP contribution in [0.1, 0.15) is 11.4 Å². The lowest BCUT2D eigenvalue weighted by molar-refractivity contribution is 0.973. The van der Waals surface area contributed by atoms with Gasteiger partial charge >= 0.3 is 0 Å². The summed E-state index contributed by atoms with van der Waals surface area (Å²) in [6, 6.07) is 0. The van der Waals surface area contributed by atoms with Crippen LogP contribution in [-0.4, -0.2) is 27.0 Å². The smallest absolute Gasteiger partial charge is 0.224 e. The maximum Gasteiger partial charge on any atom is 0.224 e. The van der Waals surface area contributed by atoms with Crippen molar-refractivity contribution in [2.75, 3.05) is 17.7 Å². The molecule has 2 aromatic rings. The Labute approximate surface area is 110 Å². The van der Waals surface area contributed by atoms with E-state index in [-0.39, 0.29) is 0 Å². The molecule has 0 aliphatic heterocycles. The van der Waals surface area contributed by atoms with Crippen LogP contribution >= 0.6 is 11.6 Å². The number of hydrogen-bond acceptors (Lipinski definition) is 6. The quantitative estimate of drug-likeness (QED) is 0.878. The predicted molar refractivity (Wildman–Crippen MR) is 70.7 cm³/mol. The first kappa shape index (κ1) is 12.5. The van der Waals surface area contributed by atoms with Crippen LogP contribution in [0, 0.1) is 6.92 Å². The third-order valence-electron chi connectivity index (χ3n) is 2.24. The SMILES string of the molecule is CNc1ncc(Cl)c(NCc2cnc(C)cn2)n1. The molecule has 2 heterocycles. The molecule has 0 aromatic carbocycles. The van der Waals surface area contributed by atoms with Crippen LogP contribution in [0.3, 0.4) is 0 Å². The number of aromatic nitrogens is 4. The number of halogens is 1. The highest BCUT2D eigenvalue weighted by molar-refractivity contribution is 6.32. The van der Waals surface area contributed by atoms with Gasteiger partial charge in [-0.3, -0.25) is 9.97 Å². The Morgan fingerprint density at radius 3 is 2.67 bits per heavy atom. The Balaban J connectivity index is 2.07. The lowest BCUT2D eigenvalue weighted by Crippen LogP contribution is -2.06. The second kappa shape index (κ2) is 5.59. The molecule has 0 aliphatic rings. The Morgan fingerprint density at radius 1 is 1.17 bits per heavy atom. The first-order valence-corrected chi connectivity index (χ1v) is 5.78. The van der Waals surface area contributed by atoms with E-state index in [0.717, 1.165) is 11.4 Å². The maximum absolute atomic E-state index is 5.99.